The van der Waals surface area contributed by atoms with Gasteiger partial charge in [-0.1, -0.05) is 19.1 Å². The standard InChI is InChI=1S/C17H26NO4P/c1-7-15-17(23(20,21-11(2)3)22-12(4)5)14-9-8-13(6)10-16(14)18(15)19/h8-12,19H,7H2,1-6H3. The average molecular weight is 339 g/mol. The Labute approximate surface area is 137 Å². The van der Waals surface area contributed by atoms with E-state index in [2.05, 4.69) is 0 Å². The quantitative estimate of drug-likeness (QED) is 0.625. The van der Waals surface area contributed by atoms with Crippen molar-refractivity contribution in [2.75, 3.05) is 0 Å². The third-order valence-corrected chi connectivity index (χ3v) is 5.92. The Kier molecular flexibility index (Phi) is 5.24. The lowest BCUT2D eigenvalue weighted by Crippen LogP contribution is -2.20. The Morgan fingerprint density at radius 2 is 1.74 bits per heavy atom. The van der Waals surface area contributed by atoms with Crippen molar-refractivity contribution < 1.29 is 18.8 Å². The fourth-order valence-corrected chi connectivity index (χ4v) is 5.15. The van der Waals surface area contributed by atoms with Crippen LogP contribution in [-0.2, 0) is 20.0 Å². The first kappa shape index (κ1) is 18.1. The highest BCUT2D eigenvalue weighted by molar-refractivity contribution is 7.63. The number of aromatic nitrogens is 1. The molecule has 1 aromatic carbocycles. The van der Waals surface area contributed by atoms with Crippen LogP contribution in [0.15, 0.2) is 18.2 Å². The summed E-state index contributed by atoms with van der Waals surface area (Å²) in [6, 6.07) is 5.67. The number of hydrogen-bond donors (Lipinski definition) is 1. The van der Waals surface area contributed by atoms with E-state index >= 15 is 0 Å². The van der Waals surface area contributed by atoms with E-state index in [9.17, 15) is 9.77 Å². The number of nitrogens with zero attached hydrogens (tertiary/aromatic N) is 1. The summed E-state index contributed by atoms with van der Waals surface area (Å²) in [5.41, 5.74) is 2.20. The maximum atomic E-state index is 13.6. The first-order chi connectivity index (χ1) is 10.7. The number of fused-ring (bicyclic) bond motifs is 1. The van der Waals surface area contributed by atoms with Gasteiger partial charge in [0.25, 0.3) is 0 Å². The minimum absolute atomic E-state index is 0.258. The highest BCUT2D eigenvalue weighted by Gasteiger charge is 2.37. The van der Waals surface area contributed by atoms with E-state index in [0.717, 1.165) is 10.3 Å². The molecule has 0 saturated heterocycles. The summed E-state index contributed by atoms with van der Waals surface area (Å²) in [5.74, 6) is 0. The molecule has 1 aromatic heterocycles. The van der Waals surface area contributed by atoms with Crippen LogP contribution in [0.4, 0.5) is 0 Å². The molecular formula is C17H26NO4P. The molecule has 0 fully saturated rings. The molecule has 1 N–H and O–H groups in total. The Hall–Kier alpha value is -1.29. The molecule has 2 rings (SSSR count). The van der Waals surface area contributed by atoms with E-state index in [4.69, 9.17) is 9.05 Å². The van der Waals surface area contributed by atoms with Crippen LogP contribution >= 0.6 is 7.60 Å². The van der Waals surface area contributed by atoms with Crippen LogP contribution in [0.1, 0.15) is 45.9 Å². The van der Waals surface area contributed by atoms with Crippen LogP contribution in [0.2, 0.25) is 0 Å². The maximum Gasteiger partial charge on any atom is 0.364 e. The number of aryl methyl sites for hydroxylation is 1. The highest BCUT2D eigenvalue weighted by atomic mass is 31.2. The van der Waals surface area contributed by atoms with E-state index < -0.39 is 7.60 Å². The van der Waals surface area contributed by atoms with Gasteiger partial charge in [-0.3, -0.25) is 4.57 Å². The highest BCUT2D eigenvalue weighted by Crippen LogP contribution is 2.52. The van der Waals surface area contributed by atoms with Crippen molar-refractivity contribution in [1.29, 1.82) is 0 Å². The molecule has 0 bridgehead atoms. The van der Waals surface area contributed by atoms with E-state index in [1.807, 2.05) is 59.7 Å². The first-order valence-electron chi connectivity index (χ1n) is 8.00. The van der Waals surface area contributed by atoms with Gasteiger partial charge in [-0.25, -0.2) is 0 Å². The lowest BCUT2D eigenvalue weighted by molar-refractivity contribution is 0.149. The fraction of sp³-hybridized carbons (Fsp3) is 0.529. The molecule has 0 aliphatic carbocycles. The molecule has 0 amide bonds. The van der Waals surface area contributed by atoms with Crippen molar-refractivity contribution in [3.63, 3.8) is 0 Å². The Morgan fingerprint density at radius 1 is 1.17 bits per heavy atom. The molecule has 0 radical (unpaired) electrons. The molecule has 0 aliphatic rings. The molecule has 2 aromatic rings. The Morgan fingerprint density at radius 3 is 2.22 bits per heavy atom. The second kappa shape index (κ2) is 6.68. The van der Waals surface area contributed by atoms with E-state index in [1.54, 1.807) is 0 Å². The average Bonchev–Trinajstić information content (AvgIpc) is 2.70. The van der Waals surface area contributed by atoms with Crippen LogP contribution in [0.3, 0.4) is 0 Å². The molecule has 6 heteroatoms. The molecule has 5 nitrogen and oxygen atoms in total. The maximum absolute atomic E-state index is 13.6. The molecule has 0 spiro atoms. The minimum atomic E-state index is -3.56. The normalized spacial score (nSPS) is 12.7. The van der Waals surface area contributed by atoms with Crippen LogP contribution in [0.5, 0.6) is 0 Å². The first-order valence-corrected chi connectivity index (χ1v) is 9.54. The summed E-state index contributed by atoms with van der Waals surface area (Å²) in [6.45, 7) is 11.2. The van der Waals surface area contributed by atoms with Crippen LogP contribution in [-0.4, -0.2) is 22.1 Å². The second-order valence-corrected chi connectivity index (χ2v) is 8.15. The van der Waals surface area contributed by atoms with Gasteiger partial charge in [0.2, 0.25) is 0 Å². The minimum Gasteiger partial charge on any atom is -0.428 e. The molecule has 1 heterocycles. The number of hydrogen-bond acceptors (Lipinski definition) is 4. The summed E-state index contributed by atoms with van der Waals surface area (Å²) in [6.07, 6.45) is 0.00517. The topological polar surface area (TPSA) is 60.7 Å². The van der Waals surface area contributed by atoms with Crippen LogP contribution in [0.25, 0.3) is 10.9 Å². The van der Waals surface area contributed by atoms with Crippen LogP contribution in [0, 0.1) is 6.92 Å². The summed E-state index contributed by atoms with van der Waals surface area (Å²) in [7, 11) is -3.56. The molecule has 0 unspecified atom stereocenters. The van der Waals surface area contributed by atoms with Crippen LogP contribution < -0.4 is 5.30 Å². The fourth-order valence-electron chi connectivity index (χ4n) is 2.73. The smallest absolute Gasteiger partial charge is 0.364 e. The van der Waals surface area contributed by atoms with E-state index in [-0.39, 0.29) is 12.2 Å². The predicted octanol–water partition coefficient (Wildman–Crippen LogP) is 4.42. The van der Waals surface area contributed by atoms with E-state index in [1.165, 1.54) is 0 Å². The second-order valence-electron chi connectivity index (χ2n) is 6.29. The zero-order chi connectivity index (χ0) is 17.4. The van der Waals surface area contributed by atoms with Gasteiger partial charge in [-0.05, 0) is 52.7 Å². The lowest BCUT2D eigenvalue weighted by atomic mass is 10.2. The molecule has 128 valence electrons. The molecule has 0 atom stereocenters. The summed E-state index contributed by atoms with van der Waals surface area (Å²) in [5, 5.41) is 11.7. The van der Waals surface area contributed by atoms with E-state index in [0.29, 0.717) is 28.3 Å². The monoisotopic (exact) mass is 339 g/mol. The van der Waals surface area contributed by atoms with Crippen molar-refractivity contribution in [1.82, 2.24) is 4.73 Å². The molecular weight excluding hydrogens is 313 g/mol. The van der Waals surface area contributed by atoms with Crippen molar-refractivity contribution in [2.24, 2.45) is 0 Å². The molecule has 0 saturated carbocycles. The van der Waals surface area contributed by atoms with Crippen molar-refractivity contribution in [2.45, 2.75) is 60.2 Å². The van der Waals surface area contributed by atoms with Gasteiger partial charge in [0.05, 0.1) is 28.7 Å². The van der Waals surface area contributed by atoms with Gasteiger partial charge in [0.1, 0.15) is 0 Å². The van der Waals surface area contributed by atoms with Gasteiger partial charge in [-0.15, -0.1) is 0 Å². The van der Waals surface area contributed by atoms with Crippen molar-refractivity contribution >= 4 is 23.8 Å². The van der Waals surface area contributed by atoms with Gasteiger partial charge < -0.3 is 14.3 Å². The lowest BCUT2D eigenvalue weighted by Gasteiger charge is -2.23. The molecule has 0 aliphatic heterocycles. The largest absolute Gasteiger partial charge is 0.428 e. The molecule has 23 heavy (non-hydrogen) atoms. The third kappa shape index (κ3) is 3.47. The number of rotatable bonds is 6. The zero-order valence-electron chi connectivity index (χ0n) is 14.7. The summed E-state index contributed by atoms with van der Waals surface area (Å²) >= 11 is 0. The van der Waals surface area contributed by atoms with Crippen molar-refractivity contribution in [3.05, 3.63) is 29.5 Å². The van der Waals surface area contributed by atoms with Crippen molar-refractivity contribution in [3.8, 4) is 0 Å². The third-order valence-electron chi connectivity index (χ3n) is 3.47. The SMILES string of the molecule is CCc1c(P(=O)(OC(C)C)OC(C)C)c2ccc(C)cc2n1O. The number of benzene rings is 1. The summed E-state index contributed by atoms with van der Waals surface area (Å²) < 4.78 is 26.1. The zero-order valence-corrected chi connectivity index (χ0v) is 15.6. The Balaban J connectivity index is 2.79. The van der Waals surface area contributed by atoms with Gasteiger partial charge in [0, 0.05) is 5.39 Å². The summed E-state index contributed by atoms with van der Waals surface area (Å²) in [4.78, 5) is 0. The van der Waals surface area contributed by atoms with Gasteiger partial charge in [-0.2, -0.15) is 4.73 Å². The van der Waals surface area contributed by atoms with Gasteiger partial charge >= 0.3 is 7.60 Å². The predicted molar refractivity (Wildman–Crippen MR) is 92.9 cm³/mol. The Bertz CT molecular complexity index is 735. The van der Waals surface area contributed by atoms with Gasteiger partial charge in [0.15, 0.2) is 0 Å².